The molecular weight excluding hydrogens is 196 g/mol. The van der Waals surface area contributed by atoms with Crippen molar-refractivity contribution in [3.05, 3.63) is 47.4 Å². The molecular formula is C11H9ClN2. The Morgan fingerprint density at radius 2 is 1.79 bits per heavy atom. The third-order valence-electron chi connectivity index (χ3n) is 2.07. The minimum Gasteiger partial charge on any atom is -0.236 e. The van der Waals surface area contributed by atoms with Gasteiger partial charge in [0.1, 0.15) is 11.5 Å². The fourth-order valence-electron chi connectivity index (χ4n) is 1.32. The summed E-state index contributed by atoms with van der Waals surface area (Å²) >= 11 is 5.91. The summed E-state index contributed by atoms with van der Waals surface area (Å²) in [4.78, 5) is 8.13. The Morgan fingerprint density at radius 3 is 2.50 bits per heavy atom. The SMILES string of the molecule is Cc1c(Cl)ncnc1-c1ccccc1. The molecule has 0 spiro atoms. The Kier molecular flexibility index (Phi) is 2.46. The summed E-state index contributed by atoms with van der Waals surface area (Å²) in [6, 6.07) is 9.94. The molecule has 2 rings (SSSR count). The molecule has 0 fully saturated rings. The van der Waals surface area contributed by atoms with Crippen molar-refractivity contribution in [2.24, 2.45) is 0 Å². The molecule has 14 heavy (non-hydrogen) atoms. The van der Waals surface area contributed by atoms with E-state index in [2.05, 4.69) is 9.97 Å². The van der Waals surface area contributed by atoms with Gasteiger partial charge in [-0.2, -0.15) is 0 Å². The van der Waals surface area contributed by atoms with E-state index < -0.39 is 0 Å². The number of hydrogen-bond acceptors (Lipinski definition) is 2. The fraction of sp³-hybridized carbons (Fsp3) is 0.0909. The molecule has 0 unspecified atom stereocenters. The van der Waals surface area contributed by atoms with Crippen LogP contribution in [-0.4, -0.2) is 9.97 Å². The van der Waals surface area contributed by atoms with Gasteiger partial charge in [0.05, 0.1) is 5.69 Å². The van der Waals surface area contributed by atoms with Gasteiger partial charge < -0.3 is 0 Å². The normalized spacial score (nSPS) is 10.1. The van der Waals surface area contributed by atoms with Crippen LogP contribution in [0.3, 0.4) is 0 Å². The standard InChI is InChI=1S/C11H9ClN2/c1-8-10(13-7-14-11(8)12)9-5-3-2-4-6-9/h2-7H,1H3. The minimum absolute atomic E-state index is 0.513. The van der Waals surface area contributed by atoms with E-state index in [-0.39, 0.29) is 0 Å². The quantitative estimate of drug-likeness (QED) is 0.667. The molecule has 0 bridgehead atoms. The molecule has 1 aromatic heterocycles. The molecule has 0 N–H and O–H groups in total. The zero-order chi connectivity index (χ0) is 9.97. The highest BCUT2D eigenvalue weighted by atomic mass is 35.5. The molecule has 2 aromatic rings. The van der Waals surface area contributed by atoms with E-state index >= 15 is 0 Å². The number of hydrogen-bond donors (Lipinski definition) is 0. The van der Waals surface area contributed by atoms with Gasteiger partial charge in [0, 0.05) is 11.1 Å². The van der Waals surface area contributed by atoms with Crippen LogP contribution in [-0.2, 0) is 0 Å². The predicted molar refractivity (Wildman–Crippen MR) is 57.2 cm³/mol. The highest BCUT2D eigenvalue weighted by Crippen LogP contribution is 2.23. The Labute approximate surface area is 87.6 Å². The minimum atomic E-state index is 0.513. The highest BCUT2D eigenvalue weighted by molar-refractivity contribution is 6.30. The molecule has 0 atom stereocenters. The maximum absolute atomic E-state index is 5.91. The maximum atomic E-state index is 5.91. The van der Waals surface area contributed by atoms with Crippen molar-refractivity contribution in [1.29, 1.82) is 0 Å². The number of rotatable bonds is 1. The number of benzene rings is 1. The van der Waals surface area contributed by atoms with Gasteiger partial charge in [-0.1, -0.05) is 41.9 Å². The van der Waals surface area contributed by atoms with Crippen molar-refractivity contribution in [3.63, 3.8) is 0 Å². The average molecular weight is 205 g/mol. The third-order valence-corrected chi connectivity index (χ3v) is 2.45. The summed E-state index contributed by atoms with van der Waals surface area (Å²) in [5, 5.41) is 0.513. The number of nitrogens with zero attached hydrogens (tertiary/aromatic N) is 2. The van der Waals surface area contributed by atoms with E-state index in [9.17, 15) is 0 Å². The first-order valence-corrected chi connectivity index (χ1v) is 4.69. The van der Waals surface area contributed by atoms with Gasteiger partial charge in [0.15, 0.2) is 0 Å². The Balaban J connectivity index is 2.58. The molecule has 0 radical (unpaired) electrons. The third kappa shape index (κ3) is 1.61. The molecule has 3 heteroatoms. The van der Waals surface area contributed by atoms with E-state index in [1.807, 2.05) is 37.3 Å². The Morgan fingerprint density at radius 1 is 1.07 bits per heavy atom. The first kappa shape index (κ1) is 9.16. The molecule has 2 nitrogen and oxygen atoms in total. The van der Waals surface area contributed by atoms with Gasteiger partial charge in [-0.05, 0) is 6.92 Å². The summed E-state index contributed by atoms with van der Waals surface area (Å²) in [5.41, 5.74) is 2.88. The lowest BCUT2D eigenvalue weighted by Gasteiger charge is -2.04. The van der Waals surface area contributed by atoms with Gasteiger partial charge in [0.2, 0.25) is 0 Å². The number of aromatic nitrogens is 2. The van der Waals surface area contributed by atoms with Crippen LogP contribution in [0, 0.1) is 6.92 Å². The van der Waals surface area contributed by atoms with Crippen LogP contribution in [0.4, 0.5) is 0 Å². The number of halogens is 1. The summed E-state index contributed by atoms with van der Waals surface area (Å²) < 4.78 is 0. The first-order valence-electron chi connectivity index (χ1n) is 4.31. The van der Waals surface area contributed by atoms with Crippen LogP contribution < -0.4 is 0 Å². The van der Waals surface area contributed by atoms with Crippen LogP contribution >= 0.6 is 11.6 Å². The van der Waals surface area contributed by atoms with Crippen molar-refractivity contribution < 1.29 is 0 Å². The van der Waals surface area contributed by atoms with Crippen molar-refractivity contribution in [2.45, 2.75) is 6.92 Å². The van der Waals surface area contributed by atoms with Crippen LogP contribution in [0.1, 0.15) is 5.56 Å². The van der Waals surface area contributed by atoms with E-state index in [0.29, 0.717) is 5.15 Å². The van der Waals surface area contributed by atoms with Crippen LogP contribution in [0.5, 0.6) is 0 Å². The molecule has 0 amide bonds. The summed E-state index contributed by atoms with van der Waals surface area (Å²) in [6.45, 7) is 1.92. The first-order chi connectivity index (χ1) is 6.79. The zero-order valence-corrected chi connectivity index (χ0v) is 8.49. The van der Waals surface area contributed by atoms with Gasteiger partial charge in [0.25, 0.3) is 0 Å². The molecule has 70 valence electrons. The van der Waals surface area contributed by atoms with Gasteiger partial charge in [-0.15, -0.1) is 0 Å². The van der Waals surface area contributed by atoms with Gasteiger partial charge in [-0.25, -0.2) is 9.97 Å². The Hall–Kier alpha value is -1.41. The molecule has 0 saturated carbocycles. The lowest BCUT2D eigenvalue weighted by atomic mass is 10.1. The average Bonchev–Trinajstić information content (AvgIpc) is 2.23. The van der Waals surface area contributed by atoms with E-state index in [1.54, 1.807) is 0 Å². The second kappa shape index (κ2) is 3.76. The van der Waals surface area contributed by atoms with E-state index in [4.69, 9.17) is 11.6 Å². The van der Waals surface area contributed by atoms with Gasteiger partial charge >= 0.3 is 0 Å². The molecule has 1 aromatic carbocycles. The van der Waals surface area contributed by atoms with Crippen LogP contribution in [0.25, 0.3) is 11.3 Å². The van der Waals surface area contributed by atoms with Crippen molar-refractivity contribution in [2.75, 3.05) is 0 Å². The lowest BCUT2D eigenvalue weighted by Crippen LogP contribution is -1.91. The van der Waals surface area contributed by atoms with Gasteiger partial charge in [-0.3, -0.25) is 0 Å². The summed E-state index contributed by atoms with van der Waals surface area (Å²) in [7, 11) is 0. The van der Waals surface area contributed by atoms with Crippen molar-refractivity contribution in [1.82, 2.24) is 9.97 Å². The molecule has 0 saturated heterocycles. The second-order valence-electron chi connectivity index (χ2n) is 3.00. The van der Waals surface area contributed by atoms with Crippen molar-refractivity contribution in [3.8, 4) is 11.3 Å². The monoisotopic (exact) mass is 204 g/mol. The summed E-state index contributed by atoms with van der Waals surface area (Å²) in [5.74, 6) is 0. The molecule has 0 aliphatic heterocycles. The fourth-order valence-corrected chi connectivity index (χ4v) is 1.45. The lowest BCUT2D eigenvalue weighted by molar-refractivity contribution is 1.13. The Bertz CT molecular complexity index is 440. The molecule has 0 aliphatic carbocycles. The molecule has 1 heterocycles. The zero-order valence-electron chi connectivity index (χ0n) is 7.74. The maximum Gasteiger partial charge on any atom is 0.135 e. The summed E-state index contributed by atoms with van der Waals surface area (Å²) in [6.07, 6.45) is 1.48. The predicted octanol–water partition coefficient (Wildman–Crippen LogP) is 3.11. The second-order valence-corrected chi connectivity index (χ2v) is 3.36. The molecule has 0 aliphatic rings. The largest absolute Gasteiger partial charge is 0.236 e. The van der Waals surface area contributed by atoms with Crippen LogP contribution in [0.15, 0.2) is 36.7 Å². The topological polar surface area (TPSA) is 25.8 Å². The van der Waals surface area contributed by atoms with E-state index in [0.717, 1.165) is 16.8 Å². The van der Waals surface area contributed by atoms with Crippen molar-refractivity contribution >= 4 is 11.6 Å². The van der Waals surface area contributed by atoms with Crippen LogP contribution in [0.2, 0.25) is 5.15 Å². The highest BCUT2D eigenvalue weighted by Gasteiger charge is 2.05. The smallest absolute Gasteiger partial charge is 0.135 e. The van der Waals surface area contributed by atoms with E-state index in [1.165, 1.54) is 6.33 Å².